The highest BCUT2D eigenvalue weighted by molar-refractivity contribution is 5.31. The minimum Gasteiger partial charge on any atom is -0.491 e. The third kappa shape index (κ3) is 7.41. The van der Waals surface area contributed by atoms with Crippen molar-refractivity contribution in [3.8, 4) is 11.5 Å². The van der Waals surface area contributed by atoms with Crippen molar-refractivity contribution in [3.05, 3.63) is 24.3 Å². The number of benzene rings is 1. The fourth-order valence-electron chi connectivity index (χ4n) is 4.52. The first kappa shape index (κ1) is 23.3. The Hall–Kier alpha value is -1.34. The minimum atomic E-state index is -0.492. The summed E-state index contributed by atoms with van der Waals surface area (Å²) in [4.78, 5) is 4.70. The molecular weight excluding hydrogens is 380 g/mol. The first-order valence-electron chi connectivity index (χ1n) is 11.7. The molecule has 2 aliphatic heterocycles. The van der Waals surface area contributed by atoms with Gasteiger partial charge < -0.3 is 19.7 Å². The number of piperidine rings is 2. The zero-order chi connectivity index (χ0) is 21.3. The Kier molecular flexibility index (Phi) is 9.25. The molecule has 1 aromatic carbocycles. The number of ether oxygens (including phenoxy) is 2. The maximum Gasteiger partial charge on any atom is 0.119 e. The molecule has 0 aliphatic carbocycles. The zero-order valence-corrected chi connectivity index (χ0v) is 18.7. The van der Waals surface area contributed by atoms with E-state index in [1.165, 1.54) is 38.5 Å². The molecule has 2 fully saturated rings. The number of aliphatic hydroxyl groups is 2. The maximum atomic E-state index is 10.3. The summed E-state index contributed by atoms with van der Waals surface area (Å²) in [7, 11) is 0. The maximum absolute atomic E-state index is 10.3. The number of hydrogen-bond acceptors (Lipinski definition) is 6. The van der Waals surface area contributed by atoms with Crippen LogP contribution in [0.1, 0.15) is 52.4 Å². The van der Waals surface area contributed by atoms with E-state index in [0.717, 1.165) is 24.6 Å². The first-order chi connectivity index (χ1) is 14.5. The lowest BCUT2D eigenvalue weighted by Crippen LogP contribution is -2.43. The number of β-amino-alcohol motifs (C(OH)–C–C–N with tert-alkyl or cyclic N) is 2. The molecule has 6 heteroatoms. The number of nitrogens with zero attached hydrogens (tertiary/aromatic N) is 2. The molecule has 0 bridgehead atoms. The van der Waals surface area contributed by atoms with Crippen molar-refractivity contribution >= 4 is 0 Å². The van der Waals surface area contributed by atoms with Crippen molar-refractivity contribution in [2.75, 3.05) is 39.4 Å². The van der Waals surface area contributed by atoms with Crippen LogP contribution in [-0.4, -0.2) is 83.7 Å². The van der Waals surface area contributed by atoms with Crippen LogP contribution in [0.3, 0.4) is 0 Å². The summed E-state index contributed by atoms with van der Waals surface area (Å²) < 4.78 is 11.5. The fourth-order valence-corrected chi connectivity index (χ4v) is 4.52. The molecule has 0 aromatic heterocycles. The largest absolute Gasteiger partial charge is 0.491 e. The van der Waals surface area contributed by atoms with Crippen molar-refractivity contribution in [3.63, 3.8) is 0 Å². The standard InChI is InChI=1S/C24H40N2O4/c1-19-7-3-5-13-25(19)15-21(27)17-29-23-9-11-24(12-10-23)30-18-22(28)16-26-14-6-4-8-20(26)2/h9-12,19-22,27-28H,3-8,13-18H2,1-2H3/t19-,20+,21+,22-. The van der Waals surface area contributed by atoms with Gasteiger partial charge in [-0.1, -0.05) is 12.8 Å². The average Bonchev–Trinajstić information content (AvgIpc) is 2.75. The number of rotatable bonds is 10. The van der Waals surface area contributed by atoms with E-state index in [4.69, 9.17) is 9.47 Å². The summed E-state index contributed by atoms with van der Waals surface area (Å²) >= 11 is 0. The molecule has 0 amide bonds. The topological polar surface area (TPSA) is 65.4 Å². The van der Waals surface area contributed by atoms with Gasteiger partial charge in [0.05, 0.1) is 0 Å². The molecule has 2 heterocycles. The quantitative estimate of drug-likeness (QED) is 0.607. The molecule has 2 saturated heterocycles. The van der Waals surface area contributed by atoms with E-state index in [0.29, 0.717) is 25.2 Å². The summed E-state index contributed by atoms with van der Waals surface area (Å²) in [6.07, 6.45) is 6.43. The lowest BCUT2D eigenvalue weighted by atomic mass is 10.0. The molecule has 0 radical (unpaired) electrons. The molecule has 0 unspecified atom stereocenters. The van der Waals surface area contributed by atoms with Gasteiger partial charge in [0.1, 0.15) is 36.9 Å². The molecule has 3 rings (SSSR count). The lowest BCUT2D eigenvalue weighted by molar-refractivity contribution is 0.0428. The highest BCUT2D eigenvalue weighted by Crippen LogP contribution is 2.20. The molecule has 170 valence electrons. The molecule has 0 saturated carbocycles. The van der Waals surface area contributed by atoms with Crippen molar-refractivity contribution in [2.24, 2.45) is 0 Å². The monoisotopic (exact) mass is 420 g/mol. The predicted molar refractivity (Wildman–Crippen MR) is 119 cm³/mol. The van der Waals surface area contributed by atoms with Crippen LogP contribution in [0.5, 0.6) is 11.5 Å². The molecular formula is C24H40N2O4. The Labute approximate surface area is 181 Å². The summed E-state index contributed by atoms with van der Waals surface area (Å²) in [5, 5.41) is 20.6. The van der Waals surface area contributed by atoms with Gasteiger partial charge in [-0.25, -0.2) is 0 Å². The Morgan fingerprint density at radius 2 is 1.17 bits per heavy atom. The van der Waals surface area contributed by atoms with Crippen LogP contribution >= 0.6 is 0 Å². The van der Waals surface area contributed by atoms with Crippen LogP contribution in [0.2, 0.25) is 0 Å². The van der Waals surface area contributed by atoms with Crippen LogP contribution < -0.4 is 9.47 Å². The second kappa shape index (κ2) is 11.9. The number of hydrogen-bond donors (Lipinski definition) is 2. The van der Waals surface area contributed by atoms with Gasteiger partial charge in [-0.05, 0) is 76.9 Å². The third-order valence-electron chi connectivity index (χ3n) is 6.48. The van der Waals surface area contributed by atoms with Gasteiger partial charge in [0.2, 0.25) is 0 Å². The van der Waals surface area contributed by atoms with Gasteiger partial charge in [-0.15, -0.1) is 0 Å². The minimum absolute atomic E-state index is 0.288. The molecule has 6 nitrogen and oxygen atoms in total. The van der Waals surface area contributed by atoms with Crippen molar-refractivity contribution in [1.29, 1.82) is 0 Å². The first-order valence-corrected chi connectivity index (χ1v) is 11.7. The van der Waals surface area contributed by atoms with Gasteiger partial charge in [0.15, 0.2) is 0 Å². The molecule has 4 atom stereocenters. The smallest absolute Gasteiger partial charge is 0.119 e. The molecule has 1 aromatic rings. The van der Waals surface area contributed by atoms with Crippen molar-refractivity contribution < 1.29 is 19.7 Å². The van der Waals surface area contributed by atoms with E-state index in [-0.39, 0.29) is 13.2 Å². The fraction of sp³-hybridized carbons (Fsp3) is 0.750. The van der Waals surface area contributed by atoms with E-state index in [9.17, 15) is 10.2 Å². The van der Waals surface area contributed by atoms with Crippen molar-refractivity contribution in [1.82, 2.24) is 9.80 Å². The number of aliphatic hydroxyl groups excluding tert-OH is 2. The van der Waals surface area contributed by atoms with Crippen LogP contribution in [0, 0.1) is 0 Å². The molecule has 2 aliphatic rings. The third-order valence-corrected chi connectivity index (χ3v) is 6.48. The van der Waals surface area contributed by atoms with Crippen LogP contribution in [0.15, 0.2) is 24.3 Å². The highest BCUT2D eigenvalue weighted by atomic mass is 16.5. The van der Waals surface area contributed by atoms with Crippen LogP contribution in [-0.2, 0) is 0 Å². The summed E-state index contributed by atoms with van der Waals surface area (Å²) in [6, 6.07) is 8.49. The van der Waals surface area contributed by atoms with Gasteiger partial charge in [-0.2, -0.15) is 0 Å². The van der Waals surface area contributed by atoms with Gasteiger partial charge in [0, 0.05) is 25.2 Å². The van der Waals surface area contributed by atoms with Gasteiger partial charge >= 0.3 is 0 Å². The van der Waals surface area contributed by atoms with E-state index in [2.05, 4.69) is 23.6 Å². The van der Waals surface area contributed by atoms with Crippen molar-refractivity contribution in [2.45, 2.75) is 76.7 Å². The van der Waals surface area contributed by atoms with E-state index in [1.807, 2.05) is 24.3 Å². The summed E-state index contributed by atoms with van der Waals surface area (Å²) in [5.74, 6) is 1.44. The Balaban J connectivity index is 1.35. The predicted octanol–water partition coefficient (Wildman–Crippen LogP) is 2.91. The SMILES string of the molecule is C[C@@H]1CCCCN1C[C@H](O)COc1ccc(OC[C@H](O)CN2CCCC[C@@H]2C)cc1. The van der Waals surface area contributed by atoms with Gasteiger partial charge in [0.25, 0.3) is 0 Å². The molecule has 2 N–H and O–H groups in total. The van der Waals surface area contributed by atoms with E-state index >= 15 is 0 Å². The van der Waals surface area contributed by atoms with Gasteiger partial charge in [-0.3, -0.25) is 9.80 Å². The Morgan fingerprint density at radius 3 is 1.53 bits per heavy atom. The summed E-state index contributed by atoms with van der Waals surface area (Å²) in [6.45, 7) is 8.49. The second-order valence-electron chi connectivity index (χ2n) is 9.08. The summed E-state index contributed by atoms with van der Waals surface area (Å²) in [5.41, 5.74) is 0. The highest BCUT2D eigenvalue weighted by Gasteiger charge is 2.22. The van der Waals surface area contributed by atoms with Crippen LogP contribution in [0.4, 0.5) is 0 Å². The van der Waals surface area contributed by atoms with E-state index < -0.39 is 12.2 Å². The Morgan fingerprint density at radius 1 is 0.767 bits per heavy atom. The zero-order valence-electron chi connectivity index (χ0n) is 18.7. The van der Waals surface area contributed by atoms with E-state index in [1.54, 1.807) is 0 Å². The number of likely N-dealkylation sites (tertiary alicyclic amines) is 2. The Bertz CT molecular complexity index is 559. The average molecular weight is 421 g/mol. The molecule has 0 spiro atoms. The lowest BCUT2D eigenvalue weighted by Gasteiger charge is -2.34. The second-order valence-corrected chi connectivity index (χ2v) is 9.08. The normalized spacial score (nSPS) is 25.6. The molecule has 30 heavy (non-hydrogen) atoms. The van der Waals surface area contributed by atoms with Crippen LogP contribution in [0.25, 0.3) is 0 Å².